The van der Waals surface area contributed by atoms with Crippen LogP contribution in [-0.2, 0) is 4.79 Å². The molecule has 1 amide bonds. The molecule has 4 unspecified atom stereocenters. The van der Waals surface area contributed by atoms with Gasteiger partial charge in [0, 0.05) is 0 Å². The van der Waals surface area contributed by atoms with E-state index in [0.717, 1.165) is 64.2 Å². The minimum atomic E-state index is -1.29. The third-order valence-electron chi connectivity index (χ3n) is 7.81. The van der Waals surface area contributed by atoms with Crippen molar-refractivity contribution in [3.8, 4) is 0 Å². The molecule has 0 saturated heterocycles. The predicted octanol–water partition coefficient (Wildman–Crippen LogP) is 8.00. The van der Waals surface area contributed by atoms with Gasteiger partial charge in [-0.15, -0.1) is 0 Å². The average Bonchev–Trinajstić information content (AvgIpc) is 3.01. The van der Waals surface area contributed by atoms with Crippen molar-refractivity contribution in [3.05, 3.63) is 48.6 Å². The molecule has 0 aliphatic carbocycles. The Labute approximate surface area is 264 Å². The van der Waals surface area contributed by atoms with Gasteiger partial charge in [0.2, 0.25) is 5.91 Å². The van der Waals surface area contributed by atoms with Crippen molar-refractivity contribution in [1.82, 2.24) is 5.32 Å². The van der Waals surface area contributed by atoms with Gasteiger partial charge in [0.05, 0.1) is 18.8 Å². The van der Waals surface area contributed by atoms with Crippen molar-refractivity contribution >= 4 is 5.91 Å². The van der Waals surface area contributed by atoms with Gasteiger partial charge in [0.25, 0.3) is 0 Å². The summed E-state index contributed by atoms with van der Waals surface area (Å²) in [6.45, 7) is 3.77. The summed E-state index contributed by atoms with van der Waals surface area (Å²) in [6, 6.07) is -1.01. The lowest BCUT2D eigenvalue weighted by molar-refractivity contribution is -0.132. The van der Waals surface area contributed by atoms with Crippen LogP contribution in [-0.4, -0.2) is 57.3 Å². The molecule has 4 atom stereocenters. The molecule has 0 aliphatic heterocycles. The van der Waals surface area contributed by atoms with Crippen molar-refractivity contribution in [2.45, 2.75) is 173 Å². The number of amides is 1. The molecule has 0 spiro atoms. The topological polar surface area (TPSA) is 110 Å². The normalized spacial score (nSPS) is 15.2. The molecule has 0 aromatic carbocycles. The monoisotopic (exact) mass is 606 g/mol. The molecule has 0 aromatic heterocycles. The second kappa shape index (κ2) is 31.7. The third kappa shape index (κ3) is 26.4. The summed E-state index contributed by atoms with van der Waals surface area (Å²) in [7, 11) is 0. The maximum Gasteiger partial charge on any atom is 0.249 e. The van der Waals surface area contributed by atoms with Crippen molar-refractivity contribution in [2.75, 3.05) is 6.61 Å². The van der Waals surface area contributed by atoms with E-state index in [4.69, 9.17) is 0 Å². The summed E-state index contributed by atoms with van der Waals surface area (Å²) in [4.78, 5) is 12.4. The molecule has 6 heteroatoms. The van der Waals surface area contributed by atoms with Crippen LogP contribution in [0.5, 0.6) is 0 Å². The molecule has 0 heterocycles. The highest BCUT2D eigenvalue weighted by molar-refractivity contribution is 5.80. The van der Waals surface area contributed by atoms with Crippen LogP contribution in [0.2, 0.25) is 0 Å². The highest BCUT2D eigenvalue weighted by atomic mass is 16.3. The molecule has 0 aromatic rings. The lowest BCUT2D eigenvalue weighted by Gasteiger charge is -2.27. The quantitative estimate of drug-likeness (QED) is 0.0421. The number of aliphatic hydroxyl groups excluding tert-OH is 4. The van der Waals surface area contributed by atoms with E-state index in [0.29, 0.717) is 19.3 Å². The van der Waals surface area contributed by atoms with E-state index in [1.54, 1.807) is 0 Å². The smallest absolute Gasteiger partial charge is 0.249 e. The van der Waals surface area contributed by atoms with Gasteiger partial charge in [0.15, 0.2) is 0 Å². The fraction of sp³-hybridized carbons (Fsp3) is 0.757. The first-order chi connectivity index (χ1) is 21.0. The number of hydrogen-bond donors (Lipinski definition) is 5. The summed E-state index contributed by atoms with van der Waals surface area (Å²) in [5.74, 6) is -0.614. The van der Waals surface area contributed by atoms with Gasteiger partial charge in [-0.05, 0) is 84.0 Å². The van der Waals surface area contributed by atoms with Gasteiger partial charge < -0.3 is 25.7 Å². The van der Waals surface area contributed by atoms with E-state index in [2.05, 4.69) is 60.8 Å². The predicted molar refractivity (Wildman–Crippen MR) is 182 cm³/mol. The number of hydrogen-bond acceptors (Lipinski definition) is 5. The Morgan fingerprint density at radius 1 is 0.605 bits per heavy atom. The number of allylic oxidation sites excluding steroid dienone is 8. The minimum absolute atomic E-state index is 0.342. The first-order valence-corrected chi connectivity index (χ1v) is 17.5. The molecular formula is C37H67NO5. The van der Waals surface area contributed by atoms with Crippen LogP contribution in [0.25, 0.3) is 0 Å². The fourth-order valence-corrected chi connectivity index (χ4v) is 4.96. The minimum Gasteiger partial charge on any atom is -0.394 e. The lowest BCUT2D eigenvalue weighted by Crippen LogP contribution is -2.53. The van der Waals surface area contributed by atoms with E-state index >= 15 is 0 Å². The molecule has 0 fully saturated rings. The number of rotatable bonds is 30. The summed E-state index contributed by atoms with van der Waals surface area (Å²) in [6.07, 6.45) is 35.7. The van der Waals surface area contributed by atoms with Crippen molar-refractivity contribution < 1.29 is 25.2 Å². The standard InChI is InChI=1S/C37H67NO5/c1-3-5-7-9-11-13-15-17-18-19-21-23-25-27-29-31-35(41)37(43)38-33(32-39)36(42)34(40)30-28-26-24-22-20-16-14-12-10-8-6-4-2/h4,6,12,14,18-19,22,24,33-36,39-42H,3,5,7-11,13,15-17,20-21,23,25-32H2,1-2H3,(H,38,43)/b6-4+,14-12+,19-18-,24-22+. The molecule has 0 rings (SSSR count). The lowest BCUT2D eigenvalue weighted by atomic mass is 10.00. The van der Waals surface area contributed by atoms with Gasteiger partial charge in [-0.2, -0.15) is 0 Å². The van der Waals surface area contributed by atoms with Crippen LogP contribution < -0.4 is 5.32 Å². The van der Waals surface area contributed by atoms with Gasteiger partial charge in [-0.25, -0.2) is 0 Å². The second-order valence-electron chi connectivity index (χ2n) is 11.8. The summed E-state index contributed by atoms with van der Waals surface area (Å²) >= 11 is 0. The second-order valence-corrected chi connectivity index (χ2v) is 11.8. The fourth-order valence-electron chi connectivity index (χ4n) is 4.96. The van der Waals surface area contributed by atoms with Gasteiger partial charge in [-0.1, -0.05) is 113 Å². The molecule has 43 heavy (non-hydrogen) atoms. The molecular weight excluding hydrogens is 538 g/mol. The van der Waals surface area contributed by atoms with Crippen LogP contribution in [0.15, 0.2) is 48.6 Å². The van der Waals surface area contributed by atoms with Crippen LogP contribution in [0.1, 0.15) is 149 Å². The zero-order valence-electron chi connectivity index (χ0n) is 27.7. The maximum atomic E-state index is 12.4. The Hall–Kier alpha value is -1.73. The van der Waals surface area contributed by atoms with Gasteiger partial charge in [0.1, 0.15) is 12.2 Å². The van der Waals surface area contributed by atoms with Crippen molar-refractivity contribution in [2.24, 2.45) is 0 Å². The van der Waals surface area contributed by atoms with E-state index < -0.39 is 36.9 Å². The van der Waals surface area contributed by atoms with Gasteiger partial charge >= 0.3 is 0 Å². The molecule has 250 valence electrons. The van der Waals surface area contributed by atoms with Crippen LogP contribution in [0.4, 0.5) is 0 Å². The van der Waals surface area contributed by atoms with Gasteiger partial charge in [-0.3, -0.25) is 4.79 Å². The molecule has 0 saturated carbocycles. The largest absolute Gasteiger partial charge is 0.394 e. The number of carbonyl (C=O) groups is 1. The average molecular weight is 606 g/mol. The van der Waals surface area contributed by atoms with E-state index in [1.807, 2.05) is 6.92 Å². The Morgan fingerprint density at radius 3 is 1.60 bits per heavy atom. The molecule has 0 bridgehead atoms. The number of aliphatic hydroxyl groups is 4. The molecule has 5 N–H and O–H groups in total. The highest BCUT2D eigenvalue weighted by Gasteiger charge is 2.28. The Morgan fingerprint density at radius 2 is 1.07 bits per heavy atom. The zero-order valence-corrected chi connectivity index (χ0v) is 27.7. The van der Waals surface area contributed by atoms with E-state index in [-0.39, 0.29) is 0 Å². The van der Waals surface area contributed by atoms with Crippen LogP contribution in [0, 0.1) is 0 Å². The number of nitrogens with one attached hydrogen (secondary N) is 1. The third-order valence-corrected chi connectivity index (χ3v) is 7.81. The molecule has 6 nitrogen and oxygen atoms in total. The molecule has 0 aliphatic rings. The Bertz CT molecular complexity index is 733. The highest BCUT2D eigenvalue weighted by Crippen LogP contribution is 2.13. The first-order valence-electron chi connectivity index (χ1n) is 17.5. The Balaban J connectivity index is 3.94. The number of carbonyl (C=O) groups excluding carboxylic acids is 1. The maximum absolute atomic E-state index is 12.4. The van der Waals surface area contributed by atoms with E-state index in [1.165, 1.54) is 51.4 Å². The zero-order chi connectivity index (χ0) is 31.8. The SMILES string of the molecule is C/C=C/CC/C=C/CC/C=C/CCCC(O)C(O)C(CO)NC(=O)C(O)CCCCCC/C=C\CCCCCCCCC. The summed E-state index contributed by atoms with van der Waals surface area (Å²) in [5, 5.41) is 43.3. The molecule has 0 radical (unpaired) electrons. The first kappa shape index (κ1) is 41.3. The summed E-state index contributed by atoms with van der Waals surface area (Å²) < 4.78 is 0. The summed E-state index contributed by atoms with van der Waals surface area (Å²) in [5.41, 5.74) is 0. The number of unbranched alkanes of at least 4 members (excludes halogenated alkanes) is 14. The van der Waals surface area contributed by atoms with Crippen molar-refractivity contribution in [1.29, 1.82) is 0 Å². The van der Waals surface area contributed by atoms with Crippen LogP contribution >= 0.6 is 0 Å². The Kier molecular flexibility index (Phi) is 30.4. The van der Waals surface area contributed by atoms with Crippen molar-refractivity contribution in [3.63, 3.8) is 0 Å². The van der Waals surface area contributed by atoms with E-state index in [9.17, 15) is 25.2 Å². The van der Waals surface area contributed by atoms with Crippen LogP contribution in [0.3, 0.4) is 0 Å².